The van der Waals surface area contributed by atoms with Gasteiger partial charge < -0.3 is 5.73 Å². The number of hydrogen-bond donors (Lipinski definition) is 1. The molecule has 0 spiro atoms. The van der Waals surface area contributed by atoms with Crippen LogP contribution in [0.4, 0.5) is 0 Å². The van der Waals surface area contributed by atoms with Crippen molar-refractivity contribution < 1.29 is 0 Å². The number of hydrogen-bond acceptors (Lipinski definition) is 1. The first-order valence-electron chi connectivity index (χ1n) is 4.23. The van der Waals surface area contributed by atoms with E-state index in [0.29, 0.717) is 0 Å². The van der Waals surface area contributed by atoms with Crippen molar-refractivity contribution in [2.24, 2.45) is 17.6 Å². The highest BCUT2D eigenvalue weighted by Gasteiger charge is 2.44. The van der Waals surface area contributed by atoms with Crippen LogP contribution in [0.2, 0.25) is 0 Å². The fourth-order valence-electron chi connectivity index (χ4n) is 2.50. The van der Waals surface area contributed by atoms with Gasteiger partial charge in [-0.15, -0.1) is 0 Å². The first kappa shape index (κ1) is 6.41. The van der Waals surface area contributed by atoms with E-state index in [-0.39, 0.29) is 5.54 Å². The van der Waals surface area contributed by atoms with Gasteiger partial charge in [0.05, 0.1) is 0 Å². The van der Waals surface area contributed by atoms with Gasteiger partial charge in [0, 0.05) is 5.54 Å². The third-order valence-electron chi connectivity index (χ3n) is 3.13. The third kappa shape index (κ3) is 0.671. The monoisotopic (exact) mass is 137 g/mol. The Labute approximate surface area is 62.3 Å². The summed E-state index contributed by atoms with van der Waals surface area (Å²) >= 11 is 0. The van der Waals surface area contributed by atoms with E-state index in [1.165, 1.54) is 19.3 Å². The number of rotatable bonds is 1. The highest BCUT2D eigenvalue weighted by Crippen LogP contribution is 2.46. The standard InChI is InChI=1S/C9H15N/c1-2-8-5-7-3-4-9(8,10)6-7/h3-4,7-8H,2,5-6,10H2,1H3. The zero-order valence-electron chi connectivity index (χ0n) is 6.51. The number of fused-ring (bicyclic) bond motifs is 2. The van der Waals surface area contributed by atoms with E-state index < -0.39 is 0 Å². The molecule has 0 aromatic rings. The van der Waals surface area contributed by atoms with Crippen molar-refractivity contribution in [2.45, 2.75) is 31.7 Å². The molecule has 0 aromatic carbocycles. The molecule has 2 bridgehead atoms. The maximum absolute atomic E-state index is 6.17. The van der Waals surface area contributed by atoms with Crippen LogP contribution in [0.25, 0.3) is 0 Å². The van der Waals surface area contributed by atoms with Crippen molar-refractivity contribution in [3.63, 3.8) is 0 Å². The summed E-state index contributed by atoms with van der Waals surface area (Å²) in [5, 5.41) is 0. The second-order valence-corrected chi connectivity index (χ2v) is 3.78. The minimum atomic E-state index is 0.0966. The molecule has 1 fully saturated rings. The minimum absolute atomic E-state index is 0.0966. The fraction of sp³-hybridized carbons (Fsp3) is 0.778. The van der Waals surface area contributed by atoms with Crippen LogP contribution in [-0.4, -0.2) is 5.54 Å². The summed E-state index contributed by atoms with van der Waals surface area (Å²) in [5.41, 5.74) is 6.26. The molecule has 0 aliphatic heterocycles. The third-order valence-corrected chi connectivity index (χ3v) is 3.13. The molecule has 2 N–H and O–H groups in total. The van der Waals surface area contributed by atoms with Crippen LogP contribution in [-0.2, 0) is 0 Å². The molecule has 0 aromatic heterocycles. The topological polar surface area (TPSA) is 26.0 Å². The van der Waals surface area contributed by atoms with Crippen LogP contribution in [0.5, 0.6) is 0 Å². The van der Waals surface area contributed by atoms with Gasteiger partial charge in [-0.2, -0.15) is 0 Å². The second-order valence-electron chi connectivity index (χ2n) is 3.78. The molecule has 3 atom stereocenters. The van der Waals surface area contributed by atoms with Crippen molar-refractivity contribution in [1.82, 2.24) is 0 Å². The Morgan fingerprint density at radius 3 is 2.80 bits per heavy atom. The summed E-state index contributed by atoms with van der Waals surface area (Å²) in [4.78, 5) is 0. The van der Waals surface area contributed by atoms with Gasteiger partial charge in [-0.1, -0.05) is 25.5 Å². The maximum Gasteiger partial charge on any atom is 0.0373 e. The van der Waals surface area contributed by atoms with Crippen LogP contribution in [0.3, 0.4) is 0 Å². The molecule has 1 nitrogen and oxygen atoms in total. The predicted molar refractivity (Wildman–Crippen MR) is 42.6 cm³/mol. The van der Waals surface area contributed by atoms with E-state index >= 15 is 0 Å². The lowest BCUT2D eigenvalue weighted by Gasteiger charge is -2.26. The molecule has 0 saturated heterocycles. The lowest BCUT2D eigenvalue weighted by Crippen LogP contribution is -2.40. The van der Waals surface area contributed by atoms with Gasteiger partial charge in [0.1, 0.15) is 0 Å². The lowest BCUT2D eigenvalue weighted by atomic mass is 9.85. The lowest BCUT2D eigenvalue weighted by molar-refractivity contribution is 0.374. The zero-order chi connectivity index (χ0) is 7.19. The Morgan fingerprint density at radius 1 is 1.70 bits per heavy atom. The quantitative estimate of drug-likeness (QED) is 0.547. The summed E-state index contributed by atoms with van der Waals surface area (Å²) < 4.78 is 0. The SMILES string of the molecule is CCC1CC2C=CC1(N)C2. The van der Waals surface area contributed by atoms with Crippen molar-refractivity contribution in [2.75, 3.05) is 0 Å². The van der Waals surface area contributed by atoms with Crippen molar-refractivity contribution in [3.8, 4) is 0 Å². The summed E-state index contributed by atoms with van der Waals surface area (Å²) in [6, 6.07) is 0. The first-order valence-corrected chi connectivity index (χ1v) is 4.23. The number of allylic oxidation sites excluding steroid dienone is 1. The van der Waals surface area contributed by atoms with Crippen LogP contribution >= 0.6 is 0 Å². The van der Waals surface area contributed by atoms with Crippen LogP contribution in [0.15, 0.2) is 12.2 Å². The van der Waals surface area contributed by atoms with Crippen molar-refractivity contribution in [3.05, 3.63) is 12.2 Å². The van der Waals surface area contributed by atoms with Gasteiger partial charge in [-0.25, -0.2) is 0 Å². The van der Waals surface area contributed by atoms with E-state index in [1.54, 1.807) is 0 Å². The van der Waals surface area contributed by atoms with Gasteiger partial charge in [-0.05, 0) is 24.7 Å². The average molecular weight is 137 g/mol. The molecule has 2 rings (SSSR count). The molecule has 3 unspecified atom stereocenters. The Bertz CT molecular complexity index is 174. The van der Waals surface area contributed by atoms with E-state index in [2.05, 4.69) is 19.1 Å². The Kier molecular flexibility index (Phi) is 1.19. The Morgan fingerprint density at radius 2 is 2.50 bits per heavy atom. The van der Waals surface area contributed by atoms with E-state index in [9.17, 15) is 0 Å². The second kappa shape index (κ2) is 1.85. The molecular formula is C9H15N. The van der Waals surface area contributed by atoms with Gasteiger partial charge in [0.2, 0.25) is 0 Å². The molecule has 1 saturated carbocycles. The van der Waals surface area contributed by atoms with E-state index in [0.717, 1.165) is 11.8 Å². The average Bonchev–Trinajstić information content (AvgIpc) is 2.41. The Hall–Kier alpha value is -0.300. The van der Waals surface area contributed by atoms with Gasteiger partial charge in [-0.3, -0.25) is 0 Å². The van der Waals surface area contributed by atoms with Crippen LogP contribution in [0.1, 0.15) is 26.2 Å². The number of nitrogens with two attached hydrogens (primary N) is 1. The fourth-order valence-corrected chi connectivity index (χ4v) is 2.50. The molecule has 56 valence electrons. The van der Waals surface area contributed by atoms with E-state index in [4.69, 9.17) is 5.73 Å². The van der Waals surface area contributed by atoms with Gasteiger partial charge in [0.15, 0.2) is 0 Å². The van der Waals surface area contributed by atoms with Crippen molar-refractivity contribution in [1.29, 1.82) is 0 Å². The molecule has 0 heterocycles. The summed E-state index contributed by atoms with van der Waals surface area (Å²) in [7, 11) is 0. The smallest absolute Gasteiger partial charge is 0.0373 e. The van der Waals surface area contributed by atoms with E-state index in [1.807, 2.05) is 0 Å². The Balaban J connectivity index is 2.23. The van der Waals surface area contributed by atoms with Crippen molar-refractivity contribution >= 4 is 0 Å². The molecule has 1 heteroatoms. The summed E-state index contributed by atoms with van der Waals surface area (Å²) in [6.07, 6.45) is 8.33. The highest BCUT2D eigenvalue weighted by molar-refractivity contribution is 5.22. The normalized spacial score (nSPS) is 50.6. The van der Waals surface area contributed by atoms with Gasteiger partial charge in [0.25, 0.3) is 0 Å². The minimum Gasteiger partial charge on any atom is -0.322 e. The summed E-state index contributed by atoms with van der Waals surface area (Å²) in [6.45, 7) is 2.24. The van der Waals surface area contributed by atoms with Gasteiger partial charge >= 0.3 is 0 Å². The summed E-state index contributed by atoms with van der Waals surface area (Å²) in [5.74, 6) is 1.58. The molecule has 2 aliphatic carbocycles. The molecule has 10 heavy (non-hydrogen) atoms. The molecule has 0 radical (unpaired) electrons. The predicted octanol–water partition coefficient (Wildman–Crippen LogP) is 1.69. The first-order chi connectivity index (χ1) is 4.74. The van der Waals surface area contributed by atoms with Crippen LogP contribution < -0.4 is 5.73 Å². The largest absolute Gasteiger partial charge is 0.322 e. The molecular weight excluding hydrogens is 122 g/mol. The maximum atomic E-state index is 6.17. The van der Waals surface area contributed by atoms with Crippen LogP contribution in [0, 0.1) is 11.8 Å². The molecule has 2 aliphatic rings. The zero-order valence-corrected chi connectivity index (χ0v) is 6.51. The molecule has 0 amide bonds. The highest BCUT2D eigenvalue weighted by atomic mass is 14.8.